The summed E-state index contributed by atoms with van der Waals surface area (Å²) in [6.45, 7) is 14.2. The molecule has 19 heavy (non-hydrogen) atoms. The number of hydrogen-bond acceptors (Lipinski definition) is 3. The third-order valence-electron chi connectivity index (χ3n) is 4.12. The van der Waals surface area contributed by atoms with E-state index in [-0.39, 0.29) is 12.0 Å². The van der Waals surface area contributed by atoms with Gasteiger partial charge in [0.25, 0.3) is 0 Å². The van der Waals surface area contributed by atoms with Gasteiger partial charge in [-0.3, -0.25) is 0 Å². The lowest BCUT2D eigenvalue weighted by Gasteiger charge is -2.33. The predicted octanol–water partition coefficient (Wildman–Crippen LogP) is 2.78. The molecule has 1 N–H and O–H groups in total. The Morgan fingerprint density at radius 3 is 2.05 bits per heavy atom. The molecule has 1 rings (SSSR count). The van der Waals surface area contributed by atoms with Crippen LogP contribution in [-0.4, -0.2) is 49.5 Å². The molecule has 1 saturated heterocycles. The van der Waals surface area contributed by atoms with E-state index in [0.29, 0.717) is 0 Å². The van der Waals surface area contributed by atoms with Crippen LogP contribution in [0.3, 0.4) is 0 Å². The zero-order valence-electron chi connectivity index (χ0n) is 13.3. The second kappa shape index (κ2) is 8.23. The van der Waals surface area contributed by atoms with Gasteiger partial charge in [0.05, 0.1) is 13.2 Å². The van der Waals surface area contributed by atoms with E-state index in [1.165, 1.54) is 12.8 Å². The summed E-state index contributed by atoms with van der Waals surface area (Å²) < 4.78 is 5.52. The third kappa shape index (κ3) is 6.24. The Hall–Kier alpha value is -0.120. The molecular weight excluding hydrogens is 238 g/mol. The fraction of sp³-hybridized carbons (Fsp3) is 1.00. The van der Waals surface area contributed by atoms with Crippen molar-refractivity contribution in [1.29, 1.82) is 0 Å². The summed E-state index contributed by atoms with van der Waals surface area (Å²) in [4.78, 5) is 2.55. The lowest BCUT2D eigenvalue weighted by atomic mass is 9.87. The maximum Gasteiger partial charge on any atom is 0.0557 e. The zero-order valence-corrected chi connectivity index (χ0v) is 13.3. The Balaban J connectivity index is 2.50. The van der Waals surface area contributed by atoms with E-state index in [0.717, 1.165) is 51.1 Å². The first-order chi connectivity index (χ1) is 8.97. The minimum absolute atomic E-state index is 0.00599. The van der Waals surface area contributed by atoms with Crippen molar-refractivity contribution >= 4 is 0 Å². The summed E-state index contributed by atoms with van der Waals surface area (Å²) in [6, 6.07) is 0. The highest BCUT2D eigenvalue weighted by Gasteiger charge is 2.35. The van der Waals surface area contributed by atoms with Gasteiger partial charge in [0.2, 0.25) is 0 Å². The molecule has 0 aromatic heterocycles. The van der Waals surface area contributed by atoms with E-state index in [4.69, 9.17) is 4.74 Å². The maximum atomic E-state index is 9.71. The summed E-state index contributed by atoms with van der Waals surface area (Å²) >= 11 is 0. The lowest BCUT2D eigenvalue weighted by molar-refractivity contribution is 0.0537. The second-order valence-corrected chi connectivity index (χ2v) is 7.10. The minimum atomic E-state index is -0.00599. The first kappa shape index (κ1) is 16.9. The van der Waals surface area contributed by atoms with E-state index in [2.05, 4.69) is 32.6 Å². The Labute approximate surface area is 119 Å². The highest BCUT2D eigenvalue weighted by molar-refractivity contribution is 4.86. The Bertz CT molecular complexity index is 223. The second-order valence-electron chi connectivity index (χ2n) is 7.10. The molecule has 0 aliphatic carbocycles. The third-order valence-corrected chi connectivity index (χ3v) is 4.12. The molecular formula is C16H33NO2. The molecule has 1 aliphatic heterocycles. The van der Waals surface area contributed by atoms with Crippen molar-refractivity contribution in [2.24, 2.45) is 17.3 Å². The molecule has 0 amide bonds. The van der Waals surface area contributed by atoms with Crippen LogP contribution in [0, 0.1) is 17.3 Å². The van der Waals surface area contributed by atoms with Crippen molar-refractivity contribution in [3.63, 3.8) is 0 Å². The van der Waals surface area contributed by atoms with Gasteiger partial charge in [-0.15, -0.1) is 0 Å². The van der Waals surface area contributed by atoms with Crippen molar-refractivity contribution in [3.8, 4) is 0 Å². The number of hydrogen-bond donors (Lipinski definition) is 1. The van der Waals surface area contributed by atoms with E-state index in [1.807, 2.05) is 0 Å². The van der Waals surface area contributed by atoms with Gasteiger partial charge in [0.15, 0.2) is 0 Å². The highest BCUT2D eigenvalue weighted by Crippen LogP contribution is 2.29. The molecule has 1 atom stereocenters. The van der Waals surface area contributed by atoms with Crippen LogP contribution in [0.15, 0.2) is 0 Å². The Kier molecular flexibility index (Phi) is 7.33. The van der Waals surface area contributed by atoms with Crippen LogP contribution in [0.1, 0.15) is 47.0 Å². The molecule has 0 aromatic carbocycles. The largest absolute Gasteiger partial charge is 0.396 e. The van der Waals surface area contributed by atoms with Gasteiger partial charge in [0.1, 0.15) is 0 Å². The number of nitrogens with zero attached hydrogens (tertiary/aromatic N) is 1. The van der Waals surface area contributed by atoms with Gasteiger partial charge < -0.3 is 14.7 Å². The molecule has 1 aliphatic rings. The van der Waals surface area contributed by atoms with Crippen LogP contribution in [0.5, 0.6) is 0 Å². The van der Waals surface area contributed by atoms with Gasteiger partial charge >= 0.3 is 0 Å². The fourth-order valence-electron chi connectivity index (χ4n) is 2.57. The van der Waals surface area contributed by atoms with Gasteiger partial charge in [-0.05, 0) is 44.2 Å². The molecule has 0 saturated carbocycles. The van der Waals surface area contributed by atoms with Crippen molar-refractivity contribution in [2.45, 2.75) is 47.0 Å². The molecule has 1 fully saturated rings. The highest BCUT2D eigenvalue weighted by atomic mass is 16.5. The number of aliphatic hydroxyl groups is 1. The van der Waals surface area contributed by atoms with Crippen LogP contribution in [0.25, 0.3) is 0 Å². The normalized spacial score (nSPS) is 24.0. The first-order valence-electron chi connectivity index (χ1n) is 7.88. The van der Waals surface area contributed by atoms with Crippen molar-refractivity contribution in [2.75, 3.05) is 39.5 Å². The van der Waals surface area contributed by atoms with Crippen LogP contribution < -0.4 is 0 Å². The molecule has 3 heteroatoms. The Morgan fingerprint density at radius 2 is 1.68 bits per heavy atom. The van der Waals surface area contributed by atoms with E-state index >= 15 is 0 Å². The van der Waals surface area contributed by atoms with Gasteiger partial charge in [-0.1, -0.05) is 27.7 Å². The lowest BCUT2D eigenvalue weighted by Crippen LogP contribution is -2.42. The number of ether oxygens (including phenoxy) is 1. The summed E-state index contributed by atoms with van der Waals surface area (Å²) in [5.41, 5.74) is -0.00599. The monoisotopic (exact) mass is 271 g/mol. The number of aliphatic hydroxyl groups excluding tert-OH is 1. The summed E-state index contributed by atoms with van der Waals surface area (Å²) in [7, 11) is 0. The molecule has 114 valence electrons. The van der Waals surface area contributed by atoms with E-state index in [9.17, 15) is 5.11 Å². The quantitative estimate of drug-likeness (QED) is 0.700. The molecule has 3 nitrogen and oxygen atoms in total. The SMILES string of the molecule is CC(C)CCN(CCC(C)C)CC1(CO)CCOC1. The predicted molar refractivity (Wildman–Crippen MR) is 80.3 cm³/mol. The smallest absolute Gasteiger partial charge is 0.0557 e. The average molecular weight is 271 g/mol. The summed E-state index contributed by atoms with van der Waals surface area (Å²) in [6.07, 6.45) is 3.48. The van der Waals surface area contributed by atoms with Gasteiger partial charge in [0, 0.05) is 18.6 Å². The van der Waals surface area contributed by atoms with Crippen LogP contribution >= 0.6 is 0 Å². The van der Waals surface area contributed by atoms with Crippen molar-refractivity contribution < 1.29 is 9.84 Å². The Morgan fingerprint density at radius 1 is 1.11 bits per heavy atom. The zero-order chi connectivity index (χ0) is 14.3. The molecule has 1 unspecified atom stereocenters. The minimum Gasteiger partial charge on any atom is -0.396 e. The van der Waals surface area contributed by atoms with E-state index in [1.54, 1.807) is 0 Å². The molecule has 0 radical (unpaired) electrons. The topological polar surface area (TPSA) is 32.7 Å². The maximum absolute atomic E-state index is 9.71. The van der Waals surface area contributed by atoms with Crippen molar-refractivity contribution in [1.82, 2.24) is 4.90 Å². The molecule has 0 aromatic rings. The fourth-order valence-corrected chi connectivity index (χ4v) is 2.57. The average Bonchev–Trinajstić information content (AvgIpc) is 2.81. The summed E-state index contributed by atoms with van der Waals surface area (Å²) in [5.74, 6) is 1.48. The molecule has 0 bridgehead atoms. The van der Waals surface area contributed by atoms with Gasteiger partial charge in [-0.25, -0.2) is 0 Å². The standard InChI is InChI=1S/C16H33NO2/c1-14(2)5-8-17(9-6-15(3)4)11-16(12-18)7-10-19-13-16/h14-15,18H,5-13H2,1-4H3. The van der Waals surface area contributed by atoms with Crippen LogP contribution in [-0.2, 0) is 4.74 Å². The van der Waals surface area contributed by atoms with Crippen LogP contribution in [0.2, 0.25) is 0 Å². The van der Waals surface area contributed by atoms with E-state index < -0.39 is 0 Å². The molecule has 1 heterocycles. The first-order valence-corrected chi connectivity index (χ1v) is 7.88. The summed E-state index contributed by atoms with van der Waals surface area (Å²) in [5, 5.41) is 9.71. The number of rotatable bonds is 9. The van der Waals surface area contributed by atoms with Gasteiger partial charge in [-0.2, -0.15) is 0 Å². The van der Waals surface area contributed by atoms with Crippen LogP contribution in [0.4, 0.5) is 0 Å². The molecule has 0 spiro atoms. The van der Waals surface area contributed by atoms with Crippen molar-refractivity contribution in [3.05, 3.63) is 0 Å².